The number of hydrogen-bond donors (Lipinski definition) is 0. The van der Waals surface area contributed by atoms with E-state index in [1.54, 1.807) is 0 Å². The molecular formula is C10H19NO7S. The number of carbonyl (C=O) groups excluding carboxylic acids is 2. The normalized spacial score (nSPS) is 11.4. The van der Waals surface area contributed by atoms with E-state index in [-0.39, 0.29) is 26.1 Å². The molecule has 8 nitrogen and oxygen atoms in total. The first-order valence-electron chi connectivity index (χ1n) is 5.47. The number of hydrogen-bond acceptors (Lipinski definition) is 7. The second-order valence-corrected chi connectivity index (χ2v) is 5.52. The average Bonchev–Trinajstić information content (AvgIpc) is 2.37. The maximum atomic E-state index is 11.9. The van der Waals surface area contributed by atoms with Gasteiger partial charge in [-0.1, -0.05) is 0 Å². The standard InChI is InChI=1S/C10H19NO7S/c1-16-7-6-11(5-4-9(12)17-2)19(14,15)8-10(13)18-3/h4-8H2,1-3H3. The molecular weight excluding hydrogens is 278 g/mol. The Morgan fingerprint density at radius 3 is 2.05 bits per heavy atom. The van der Waals surface area contributed by atoms with Gasteiger partial charge in [0, 0.05) is 20.2 Å². The van der Waals surface area contributed by atoms with Crippen LogP contribution in [-0.2, 0) is 33.8 Å². The molecule has 0 atom stereocenters. The van der Waals surface area contributed by atoms with Crippen molar-refractivity contribution in [3.05, 3.63) is 0 Å². The lowest BCUT2D eigenvalue weighted by molar-refractivity contribution is -0.140. The minimum Gasteiger partial charge on any atom is -0.469 e. The Bertz CT molecular complexity index is 393. The fraction of sp³-hybridized carbons (Fsp3) is 0.800. The van der Waals surface area contributed by atoms with E-state index in [1.165, 1.54) is 14.2 Å². The van der Waals surface area contributed by atoms with Gasteiger partial charge in [-0.3, -0.25) is 9.59 Å². The third-order valence-electron chi connectivity index (χ3n) is 2.26. The summed E-state index contributed by atoms with van der Waals surface area (Å²) in [7, 11) is -0.101. The van der Waals surface area contributed by atoms with Gasteiger partial charge in [-0.05, 0) is 0 Å². The highest BCUT2D eigenvalue weighted by Crippen LogP contribution is 2.04. The molecule has 0 radical (unpaired) electrons. The van der Waals surface area contributed by atoms with Gasteiger partial charge in [-0.25, -0.2) is 8.42 Å². The van der Waals surface area contributed by atoms with Crippen molar-refractivity contribution in [1.29, 1.82) is 0 Å². The smallest absolute Gasteiger partial charge is 0.322 e. The van der Waals surface area contributed by atoms with Crippen molar-refractivity contribution in [2.45, 2.75) is 6.42 Å². The summed E-state index contributed by atoms with van der Waals surface area (Å²) in [4.78, 5) is 22.1. The number of carbonyl (C=O) groups is 2. The van der Waals surface area contributed by atoms with Crippen LogP contribution in [0.25, 0.3) is 0 Å². The van der Waals surface area contributed by atoms with Crippen molar-refractivity contribution < 1.29 is 32.2 Å². The molecule has 0 rings (SSSR count). The van der Waals surface area contributed by atoms with E-state index < -0.39 is 27.7 Å². The molecule has 0 N–H and O–H groups in total. The van der Waals surface area contributed by atoms with Crippen LogP contribution in [-0.4, -0.2) is 71.4 Å². The molecule has 112 valence electrons. The van der Waals surface area contributed by atoms with E-state index in [2.05, 4.69) is 9.47 Å². The Labute approximate surface area is 112 Å². The van der Waals surface area contributed by atoms with Gasteiger partial charge in [-0.15, -0.1) is 0 Å². The Morgan fingerprint density at radius 1 is 1.00 bits per heavy atom. The predicted octanol–water partition coefficient (Wildman–Crippen LogP) is -0.999. The molecule has 0 unspecified atom stereocenters. The van der Waals surface area contributed by atoms with Crippen LogP contribution in [0.15, 0.2) is 0 Å². The molecule has 0 aromatic carbocycles. The SMILES string of the molecule is COCCN(CCC(=O)OC)S(=O)(=O)CC(=O)OC. The minimum atomic E-state index is -3.84. The van der Waals surface area contributed by atoms with Crippen molar-refractivity contribution in [1.82, 2.24) is 4.31 Å². The zero-order valence-corrected chi connectivity index (χ0v) is 12.1. The molecule has 0 aromatic heterocycles. The molecule has 0 bridgehead atoms. The van der Waals surface area contributed by atoms with Crippen LogP contribution in [0.4, 0.5) is 0 Å². The van der Waals surface area contributed by atoms with Crippen molar-refractivity contribution in [2.75, 3.05) is 46.8 Å². The quantitative estimate of drug-likeness (QED) is 0.503. The van der Waals surface area contributed by atoms with Crippen LogP contribution in [0.5, 0.6) is 0 Å². The number of sulfonamides is 1. The van der Waals surface area contributed by atoms with Gasteiger partial charge in [0.1, 0.15) is 0 Å². The predicted molar refractivity (Wildman–Crippen MR) is 65.9 cm³/mol. The molecule has 0 aromatic rings. The van der Waals surface area contributed by atoms with Gasteiger partial charge < -0.3 is 14.2 Å². The van der Waals surface area contributed by atoms with E-state index >= 15 is 0 Å². The highest BCUT2D eigenvalue weighted by molar-refractivity contribution is 7.89. The van der Waals surface area contributed by atoms with Gasteiger partial charge >= 0.3 is 11.9 Å². The Morgan fingerprint density at radius 2 is 1.58 bits per heavy atom. The fourth-order valence-electron chi connectivity index (χ4n) is 1.20. The van der Waals surface area contributed by atoms with Crippen LogP contribution >= 0.6 is 0 Å². The Kier molecular flexibility index (Phi) is 8.28. The summed E-state index contributed by atoms with van der Waals surface area (Å²) in [6, 6.07) is 0. The number of esters is 2. The monoisotopic (exact) mass is 297 g/mol. The van der Waals surface area contributed by atoms with E-state index in [4.69, 9.17) is 4.74 Å². The summed E-state index contributed by atoms with van der Waals surface area (Å²) >= 11 is 0. The molecule has 19 heavy (non-hydrogen) atoms. The van der Waals surface area contributed by atoms with Gasteiger partial charge in [-0.2, -0.15) is 4.31 Å². The third kappa shape index (κ3) is 7.09. The second kappa shape index (κ2) is 8.83. The first-order chi connectivity index (χ1) is 8.87. The highest BCUT2D eigenvalue weighted by atomic mass is 32.2. The lowest BCUT2D eigenvalue weighted by Crippen LogP contribution is -2.39. The zero-order chi connectivity index (χ0) is 14.9. The fourth-order valence-corrected chi connectivity index (χ4v) is 2.52. The summed E-state index contributed by atoms with van der Waals surface area (Å²) in [5, 5.41) is 0. The molecule has 0 fully saturated rings. The summed E-state index contributed by atoms with van der Waals surface area (Å²) in [6.45, 7) is 0.129. The summed E-state index contributed by atoms with van der Waals surface area (Å²) < 4.78 is 38.4. The third-order valence-corrected chi connectivity index (χ3v) is 4.01. The van der Waals surface area contributed by atoms with Gasteiger partial charge in [0.05, 0.1) is 27.2 Å². The van der Waals surface area contributed by atoms with Crippen molar-refractivity contribution in [2.24, 2.45) is 0 Å². The second-order valence-electron chi connectivity index (χ2n) is 3.55. The Hall–Kier alpha value is -1.19. The number of nitrogens with zero attached hydrogens (tertiary/aromatic N) is 1. The molecule has 0 aliphatic rings. The van der Waals surface area contributed by atoms with Gasteiger partial charge in [0.2, 0.25) is 10.0 Å². The topological polar surface area (TPSA) is 99.2 Å². The van der Waals surface area contributed by atoms with Crippen molar-refractivity contribution in [3.63, 3.8) is 0 Å². The van der Waals surface area contributed by atoms with E-state index in [9.17, 15) is 18.0 Å². The average molecular weight is 297 g/mol. The first-order valence-corrected chi connectivity index (χ1v) is 7.08. The lowest BCUT2D eigenvalue weighted by Gasteiger charge is -2.20. The van der Waals surface area contributed by atoms with Gasteiger partial charge in [0.15, 0.2) is 5.75 Å². The molecule has 0 heterocycles. The van der Waals surface area contributed by atoms with E-state index in [0.717, 1.165) is 11.4 Å². The van der Waals surface area contributed by atoms with Crippen LogP contribution in [0.1, 0.15) is 6.42 Å². The molecule has 0 aliphatic carbocycles. The van der Waals surface area contributed by atoms with Crippen molar-refractivity contribution >= 4 is 22.0 Å². The van der Waals surface area contributed by atoms with E-state index in [1.807, 2.05) is 0 Å². The van der Waals surface area contributed by atoms with E-state index in [0.29, 0.717) is 0 Å². The maximum Gasteiger partial charge on any atom is 0.322 e. The maximum absolute atomic E-state index is 11.9. The number of ether oxygens (including phenoxy) is 3. The van der Waals surface area contributed by atoms with Crippen LogP contribution < -0.4 is 0 Å². The van der Waals surface area contributed by atoms with Crippen LogP contribution in [0.2, 0.25) is 0 Å². The summed E-state index contributed by atoms with van der Waals surface area (Å²) in [5.74, 6) is -2.16. The number of methoxy groups -OCH3 is 3. The molecule has 9 heteroatoms. The van der Waals surface area contributed by atoms with Crippen LogP contribution in [0.3, 0.4) is 0 Å². The lowest BCUT2D eigenvalue weighted by atomic mass is 10.4. The van der Waals surface area contributed by atoms with Crippen molar-refractivity contribution in [3.8, 4) is 0 Å². The Balaban J connectivity index is 4.71. The van der Waals surface area contributed by atoms with Gasteiger partial charge in [0.25, 0.3) is 0 Å². The molecule has 0 aliphatic heterocycles. The summed E-state index contributed by atoms with van der Waals surface area (Å²) in [6.07, 6.45) is -0.0966. The molecule has 0 saturated carbocycles. The minimum absolute atomic E-state index is 0.0484. The number of rotatable bonds is 9. The highest BCUT2D eigenvalue weighted by Gasteiger charge is 2.26. The molecule has 0 amide bonds. The largest absolute Gasteiger partial charge is 0.469 e. The molecule has 0 saturated heterocycles. The summed E-state index contributed by atoms with van der Waals surface area (Å²) in [5.41, 5.74) is 0. The molecule has 0 spiro atoms. The zero-order valence-electron chi connectivity index (χ0n) is 11.2. The first kappa shape index (κ1) is 17.8. The van der Waals surface area contributed by atoms with Crippen LogP contribution in [0, 0.1) is 0 Å².